The first-order valence-corrected chi connectivity index (χ1v) is 9.75. The number of nitrogens with zero attached hydrogens (tertiary/aromatic N) is 6. The Labute approximate surface area is 172 Å². The van der Waals surface area contributed by atoms with Crippen LogP contribution in [0.2, 0.25) is 0 Å². The van der Waals surface area contributed by atoms with Crippen LogP contribution in [-0.2, 0) is 0 Å². The van der Waals surface area contributed by atoms with Crippen molar-refractivity contribution in [1.29, 1.82) is 0 Å². The molecule has 30 heavy (non-hydrogen) atoms. The molecule has 4 aromatic rings. The number of benzene rings is 1. The van der Waals surface area contributed by atoms with Crippen LogP contribution in [0.15, 0.2) is 67.4 Å². The summed E-state index contributed by atoms with van der Waals surface area (Å²) in [6.07, 6.45) is 7.71. The van der Waals surface area contributed by atoms with Crippen molar-refractivity contribution in [3.63, 3.8) is 0 Å². The minimum atomic E-state index is -0.781. The van der Waals surface area contributed by atoms with Crippen molar-refractivity contribution in [2.75, 3.05) is 24.6 Å². The molecule has 9 nitrogen and oxygen atoms in total. The Morgan fingerprint density at radius 3 is 2.83 bits per heavy atom. The zero-order chi connectivity index (χ0) is 20.6. The van der Waals surface area contributed by atoms with Crippen molar-refractivity contribution in [2.45, 2.75) is 12.0 Å². The van der Waals surface area contributed by atoms with Gasteiger partial charge in [0.05, 0.1) is 23.3 Å². The van der Waals surface area contributed by atoms with Crippen LogP contribution in [-0.4, -0.2) is 60.4 Å². The minimum Gasteiger partial charge on any atom is -0.394 e. The van der Waals surface area contributed by atoms with E-state index >= 15 is 0 Å². The molecule has 0 radical (unpaired) electrons. The van der Waals surface area contributed by atoms with E-state index in [-0.39, 0.29) is 12.4 Å². The minimum absolute atomic E-state index is 0.0666. The summed E-state index contributed by atoms with van der Waals surface area (Å²) in [5.74, 6) is 0.491. The van der Waals surface area contributed by atoms with Crippen molar-refractivity contribution >= 4 is 17.2 Å². The molecule has 0 unspecified atom stereocenters. The zero-order valence-electron chi connectivity index (χ0n) is 16.2. The second-order valence-electron chi connectivity index (χ2n) is 7.46. The zero-order valence-corrected chi connectivity index (χ0v) is 16.2. The van der Waals surface area contributed by atoms with E-state index in [1.54, 1.807) is 10.9 Å². The number of hydrogen-bond donors (Lipinski definition) is 2. The number of amides is 1. The van der Waals surface area contributed by atoms with Crippen LogP contribution in [0, 0.1) is 0 Å². The lowest BCUT2D eigenvalue weighted by Gasteiger charge is -2.28. The number of carbonyl (C=O) groups excluding carboxylic acids is 1. The highest BCUT2D eigenvalue weighted by molar-refractivity contribution is 5.91. The fraction of sp³-hybridized carbons (Fsp3) is 0.238. The average Bonchev–Trinajstić information content (AvgIpc) is 3.53. The topological polar surface area (TPSA) is 101 Å². The molecule has 3 aromatic heterocycles. The van der Waals surface area contributed by atoms with Gasteiger partial charge in [0.1, 0.15) is 6.33 Å². The normalized spacial score (nSPS) is 18.8. The number of carbonyl (C=O) groups is 1. The molecule has 9 heteroatoms. The van der Waals surface area contributed by atoms with Crippen LogP contribution in [0.1, 0.15) is 17.0 Å². The fourth-order valence-corrected chi connectivity index (χ4v) is 3.89. The number of aliphatic hydroxyl groups excluding tert-OH is 1. The molecule has 1 fully saturated rings. The highest BCUT2D eigenvalue weighted by Crippen LogP contribution is 2.28. The fourth-order valence-electron chi connectivity index (χ4n) is 3.89. The van der Waals surface area contributed by atoms with Gasteiger partial charge in [-0.3, -0.25) is 4.79 Å². The van der Waals surface area contributed by atoms with Gasteiger partial charge >= 0.3 is 0 Å². The standard InChI is InChI=1S/C21H21N7O2/c29-14-21(8-11-27(13-21)19-17-7-4-10-26(17)12-9-22-19)24-20(30)18-23-15-28(25-18)16-5-2-1-3-6-16/h1-7,9-10,12,15,29H,8,11,13-14H2,(H,24,30)/t21-/m0/s1. The van der Waals surface area contributed by atoms with Gasteiger partial charge in [-0.2, -0.15) is 0 Å². The smallest absolute Gasteiger partial charge is 0.291 e. The highest BCUT2D eigenvalue weighted by atomic mass is 16.3. The van der Waals surface area contributed by atoms with Gasteiger partial charge in [0.15, 0.2) is 5.82 Å². The Morgan fingerprint density at radius 2 is 2.00 bits per heavy atom. The van der Waals surface area contributed by atoms with Crippen LogP contribution in [0.4, 0.5) is 5.82 Å². The second kappa shape index (κ2) is 7.27. The maximum atomic E-state index is 12.8. The molecule has 0 bridgehead atoms. The maximum Gasteiger partial charge on any atom is 0.291 e. The van der Waals surface area contributed by atoms with E-state index in [0.717, 1.165) is 17.0 Å². The molecule has 152 valence electrons. The first-order valence-electron chi connectivity index (χ1n) is 9.75. The number of para-hydroxylation sites is 1. The summed E-state index contributed by atoms with van der Waals surface area (Å²) in [5, 5.41) is 17.4. The molecule has 1 atom stereocenters. The van der Waals surface area contributed by atoms with Gasteiger partial charge in [-0.25, -0.2) is 14.6 Å². The summed E-state index contributed by atoms with van der Waals surface area (Å²) in [6, 6.07) is 13.4. The second-order valence-corrected chi connectivity index (χ2v) is 7.46. The van der Waals surface area contributed by atoms with E-state index in [9.17, 15) is 9.90 Å². The Balaban J connectivity index is 1.34. The molecule has 0 aliphatic carbocycles. The van der Waals surface area contributed by atoms with Crippen LogP contribution in [0.5, 0.6) is 0 Å². The molecular weight excluding hydrogens is 382 g/mol. The first-order chi connectivity index (χ1) is 14.7. The summed E-state index contributed by atoms with van der Waals surface area (Å²) < 4.78 is 3.55. The highest BCUT2D eigenvalue weighted by Gasteiger charge is 2.40. The van der Waals surface area contributed by atoms with Gasteiger partial charge in [0.25, 0.3) is 5.91 Å². The number of rotatable bonds is 5. The largest absolute Gasteiger partial charge is 0.394 e. The average molecular weight is 403 g/mol. The SMILES string of the molecule is O=C(N[C@@]1(CO)CCN(c2nccn3cccc23)C1)c1ncn(-c2ccccc2)n1. The Kier molecular flexibility index (Phi) is 4.44. The lowest BCUT2D eigenvalue weighted by atomic mass is 10.00. The molecule has 1 aliphatic heterocycles. The molecule has 0 saturated carbocycles. The number of fused-ring (bicyclic) bond motifs is 1. The Morgan fingerprint density at radius 1 is 1.13 bits per heavy atom. The van der Waals surface area contributed by atoms with E-state index in [0.29, 0.717) is 19.5 Å². The van der Waals surface area contributed by atoms with E-state index in [1.165, 1.54) is 6.33 Å². The molecule has 1 amide bonds. The number of nitrogens with one attached hydrogen (secondary N) is 1. The molecule has 1 aliphatic rings. The third-order valence-electron chi connectivity index (χ3n) is 5.48. The summed E-state index contributed by atoms with van der Waals surface area (Å²) in [4.78, 5) is 23.6. The Bertz CT molecular complexity index is 1190. The molecule has 4 heterocycles. The predicted octanol–water partition coefficient (Wildman–Crippen LogP) is 1.29. The van der Waals surface area contributed by atoms with Gasteiger partial charge < -0.3 is 19.7 Å². The lowest BCUT2D eigenvalue weighted by molar-refractivity contribution is 0.0844. The molecule has 1 aromatic carbocycles. The van der Waals surface area contributed by atoms with Gasteiger partial charge in [-0.15, -0.1) is 5.10 Å². The number of aromatic nitrogens is 5. The van der Waals surface area contributed by atoms with Gasteiger partial charge in [-0.05, 0) is 30.7 Å². The number of aliphatic hydroxyl groups is 1. The van der Waals surface area contributed by atoms with Gasteiger partial charge in [0, 0.05) is 31.7 Å². The quantitative estimate of drug-likeness (QED) is 0.521. The van der Waals surface area contributed by atoms with Crippen LogP contribution >= 0.6 is 0 Å². The van der Waals surface area contributed by atoms with Crippen molar-refractivity contribution in [3.05, 3.63) is 73.2 Å². The number of anilines is 1. The molecule has 0 spiro atoms. The van der Waals surface area contributed by atoms with E-state index in [1.807, 2.05) is 59.3 Å². The first kappa shape index (κ1) is 18.3. The summed E-state index contributed by atoms with van der Waals surface area (Å²) in [5.41, 5.74) is 1.02. The Hall–Kier alpha value is -3.72. The third kappa shape index (κ3) is 3.18. The molecule has 5 rings (SSSR count). The van der Waals surface area contributed by atoms with E-state index in [2.05, 4.69) is 25.3 Å². The van der Waals surface area contributed by atoms with Crippen molar-refractivity contribution in [2.24, 2.45) is 0 Å². The van der Waals surface area contributed by atoms with E-state index in [4.69, 9.17) is 0 Å². The van der Waals surface area contributed by atoms with Gasteiger partial charge in [-0.1, -0.05) is 18.2 Å². The van der Waals surface area contributed by atoms with Gasteiger partial charge in [0.2, 0.25) is 5.82 Å². The van der Waals surface area contributed by atoms with Crippen molar-refractivity contribution in [1.82, 2.24) is 29.5 Å². The molecular formula is C21H21N7O2. The van der Waals surface area contributed by atoms with Crippen molar-refractivity contribution < 1.29 is 9.90 Å². The van der Waals surface area contributed by atoms with Crippen LogP contribution in [0.3, 0.4) is 0 Å². The van der Waals surface area contributed by atoms with Crippen molar-refractivity contribution in [3.8, 4) is 5.69 Å². The summed E-state index contributed by atoms with van der Waals surface area (Å²) >= 11 is 0. The molecule has 2 N–H and O–H groups in total. The third-order valence-corrected chi connectivity index (χ3v) is 5.48. The number of hydrogen-bond acceptors (Lipinski definition) is 6. The summed E-state index contributed by atoms with van der Waals surface area (Å²) in [7, 11) is 0. The van der Waals surface area contributed by atoms with Crippen LogP contribution < -0.4 is 10.2 Å². The van der Waals surface area contributed by atoms with Crippen LogP contribution in [0.25, 0.3) is 11.2 Å². The van der Waals surface area contributed by atoms with E-state index < -0.39 is 11.4 Å². The lowest BCUT2D eigenvalue weighted by Crippen LogP contribution is -2.53. The summed E-state index contributed by atoms with van der Waals surface area (Å²) in [6.45, 7) is 0.940. The molecule has 1 saturated heterocycles. The monoisotopic (exact) mass is 403 g/mol. The maximum absolute atomic E-state index is 12.8. The predicted molar refractivity (Wildman–Crippen MR) is 111 cm³/mol.